The van der Waals surface area contributed by atoms with Crippen molar-refractivity contribution in [2.24, 2.45) is 5.92 Å². The fourth-order valence-electron chi connectivity index (χ4n) is 2.93. The van der Waals surface area contributed by atoms with Crippen LogP contribution in [0.25, 0.3) is 0 Å². The summed E-state index contributed by atoms with van der Waals surface area (Å²) < 4.78 is 6.06. The third kappa shape index (κ3) is 2.23. The summed E-state index contributed by atoms with van der Waals surface area (Å²) >= 11 is 0. The van der Waals surface area contributed by atoms with E-state index in [4.69, 9.17) is 4.74 Å². The second-order valence-corrected chi connectivity index (χ2v) is 4.76. The Morgan fingerprint density at radius 2 is 1.94 bits per heavy atom. The molecule has 0 radical (unpaired) electrons. The van der Waals surface area contributed by atoms with Crippen molar-refractivity contribution in [3.05, 3.63) is 36.1 Å². The third-order valence-corrected chi connectivity index (χ3v) is 3.72. The van der Waals surface area contributed by atoms with E-state index in [0.29, 0.717) is 12.0 Å². The van der Waals surface area contributed by atoms with Gasteiger partial charge in [0.05, 0.1) is 0 Å². The number of fused-ring (bicyclic) bond motifs is 1. The number of ether oxygens (including phenoxy) is 1. The maximum atomic E-state index is 6.06. The van der Waals surface area contributed by atoms with Crippen molar-refractivity contribution >= 4 is 0 Å². The maximum absolute atomic E-state index is 6.06. The molecule has 0 aromatic heterocycles. The molecule has 2 unspecified atom stereocenters. The number of hydrogen-bond acceptors (Lipinski definition) is 1. The van der Waals surface area contributed by atoms with E-state index in [1.54, 1.807) is 0 Å². The Morgan fingerprint density at radius 3 is 2.62 bits per heavy atom. The molecule has 1 aliphatic carbocycles. The van der Waals surface area contributed by atoms with E-state index in [0.717, 1.165) is 5.76 Å². The van der Waals surface area contributed by atoms with Crippen LogP contribution in [0, 0.1) is 5.92 Å². The topological polar surface area (TPSA) is 9.23 Å². The molecule has 88 valence electrons. The van der Waals surface area contributed by atoms with Gasteiger partial charge in [-0.05, 0) is 32.3 Å². The molecule has 2 rings (SSSR count). The molecule has 2 fully saturated rings. The minimum atomic E-state index is 0.428. The summed E-state index contributed by atoms with van der Waals surface area (Å²) in [6.45, 7) is 5.87. The maximum Gasteiger partial charge on any atom is 0.119 e. The van der Waals surface area contributed by atoms with Crippen molar-refractivity contribution in [3.63, 3.8) is 0 Å². The summed E-state index contributed by atoms with van der Waals surface area (Å²) in [5.74, 6) is 1.71. The Kier molecular flexibility index (Phi) is 3.87. The van der Waals surface area contributed by atoms with E-state index >= 15 is 0 Å². The van der Waals surface area contributed by atoms with Crippen molar-refractivity contribution in [2.75, 3.05) is 0 Å². The highest BCUT2D eigenvalue weighted by atomic mass is 16.5. The van der Waals surface area contributed by atoms with Gasteiger partial charge in [0.1, 0.15) is 11.9 Å². The van der Waals surface area contributed by atoms with Crippen molar-refractivity contribution in [2.45, 2.75) is 51.6 Å². The van der Waals surface area contributed by atoms with Gasteiger partial charge in [-0.3, -0.25) is 0 Å². The van der Waals surface area contributed by atoms with Gasteiger partial charge < -0.3 is 4.74 Å². The van der Waals surface area contributed by atoms with Crippen LogP contribution in [0.5, 0.6) is 0 Å². The van der Waals surface area contributed by atoms with Gasteiger partial charge in [0.25, 0.3) is 0 Å². The lowest BCUT2D eigenvalue weighted by atomic mass is 9.85. The molecule has 2 atom stereocenters. The van der Waals surface area contributed by atoms with Gasteiger partial charge in [-0.1, -0.05) is 38.0 Å². The average molecular weight is 218 g/mol. The van der Waals surface area contributed by atoms with Crippen LogP contribution in [0.15, 0.2) is 36.1 Å². The molecule has 0 aromatic carbocycles. The van der Waals surface area contributed by atoms with E-state index in [1.807, 2.05) is 6.08 Å². The monoisotopic (exact) mass is 218 g/mol. The van der Waals surface area contributed by atoms with Crippen LogP contribution in [0.2, 0.25) is 0 Å². The smallest absolute Gasteiger partial charge is 0.119 e. The molecule has 1 heterocycles. The average Bonchev–Trinajstić information content (AvgIpc) is 2.56. The quantitative estimate of drug-likeness (QED) is 0.635. The first kappa shape index (κ1) is 11.5. The summed E-state index contributed by atoms with van der Waals surface area (Å²) in [5, 5.41) is 0. The van der Waals surface area contributed by atoms with Crippen LogP contribution in [0.1, 0.15) is 45.4 Å². The highest BCUT2D eigenvalue weighted by Crippen LogP contribution is 2.41. The van der Waals surface area contributed by atoms with Crippen molar-refractivity contribution in [1.29, 1.82) is 0 Å². The molecule has 1 heteroatoms. The van der Waals surface area contributed by atoms with E-state index < -0.39 is 0 Å². The second-order valence-electron chi connectivity index (χ2n) is 4.76. The molecule has 16 heavy (non-hydrogen) atoms. The second kappa shape index (κ2) is 5.38. The Labute approximate surface area is 98.9 Å². The SMILES string of the molecule is C=CC=C1/C(=C\C)OC2CCCCCCC12. The summed E-state index contributed by atoms with van der Waals surface area (Å²) in [6, 6.07) is 0. The molecule has 1 saturated carbocycles. The number of allylic oxidation sites excluding steroid dienone is 4. The van der Waals surface area contributed by atoms with Crippen LogP contribution < -0.4 is 0 Å². The van der Waals surface area contributed by atoms with Crippen LogP contribution in [0.3, 0.4) is 0 Å². The van der Waals surface area contributed by atoms with Crippen LogP contribution in [0.4, 0.5) is 0 Å². The Morgan fingerprint density at radius 1 is 1.19 bits per heavy atom. The largest absolute Gasteiger partial charge is 0.490 e. The first-order valence-electron chi connectivity index (χ1n) is 6.52. The number of hydrogen-bond donors (Lipinski definition) is 0. The molecule has 0 spiro atoms. The van der Waals surface area contributed by atoms with Gasteiger partial charge in [-0.15, -0.1) is 0 Å². The Bertz CT molecular complexity index is 311. The Balaban J connectivity index is 2.22. The summed E-state index contributed by atoms with van der Waals surface area (Å²) in [7, 11) is 0. The summed E-state index contributed by atoms with van der Waals surface area (Å²) in [4.78, 5) is 0. The van der Waals surface area contributed by atoms with Crippen molar-refractivity contribution in [1.82, 2.24) is 0 Å². The number of rotatable bonds is 1. The van der Waals surface area contributed by atoms with Crippen LogP contribution in [-0.2, 0) is 4.74 Å². The standard InChI is InChI=1S/C15H22O/c1-3-9-12-13-10-7-5-6-8-11-15(13)16-14(12)4-2/h3-4,9,13,15H,1,5-8,10-11H2,2H3/b12-9?,14-4+. The van der Waals surface area contributed by atoms with E-state index in [9.17, 15) is 0 Å². The van der Waals surface area contributed by atoms with Gasteiger partial charge in [-0.25, -0.2) is 0 Å². The first-order chi connectivity index (χ1) is 7.86. The first-order valence-corrected chi connectivity index (χ1v) is 6.52. The Hall–Kier alpha value is -0.980. The van der Waals surface area contributed by atoms with Crippen molar-refractivity contribution < 1.29 is 4.74 Å². The fourth-order valence-corrected chi connectivity index (χ4v) is 2.93. The molecule has 0 amide bonds. The molecule has 1 aliphatic heterocycles. The van der Waals surface area contributed by atoms with Gasteiger partial charge in [0, 0.05) is 11.5 Å². The molecular formula is C15H22O. The molecule has 1 saturated heterocycles. The van der Waals surface area contributed by atoms with Crippen LogP contribution >= 0.6 is 0 Å². The zero-order chi connectivity index (χ0) is 11.4. The summed E-state index contributed by atoms with van der Waals surface area (Å²) in [6.07, 6.45) is 14.5. The predicted octanol–water partition coefficient (Wildman–Crippen LogP) is 4.37. The predicted molar refractivity (Wildman–Crippen MR) is 68.1 cm³/mol. The minimum absolute atomic E-state index is 0.428. The zero-order valence-electron chi connectivity index (χ0n) is 10.2. The molecule has 2 aliphatic rings. The minimum Gasteiger partial charge on any atom is -0.490 e. The lowest BCUT2D eigenvalue weighted by molar-refractivity contribution is 0.110. The summed E-state index contributed by atoms with van der Waals surface area (Å²) in [5.41, 5.74) is 1.38. The molecule has 1 nitrogen and oxygen atoms in total. The highest BCUT2D eigenvalue weighted by molar-refractivity contribution is 5.35. The van der Waals surface area contributed by atoms with Gasteiger partial charge in [-0.2, -0.15) is 0 Å². The van der Waals surface area contributed by atoms with E-state index in [2.05, 4.69) is 25.7 Å². The third-order valence-electron chi connectivity index (χ3n) is 3.72. The van der Waals surface area contributed by atoms with Crippen LogP contribution in [-0.4, -0.2) is 6.10 Å². The van der Waals surface area contributed by atoms with Gasteiger partial charge in [0.2, 0.25) is 0 Å². The lowest BCUT2D eigenvalue weighted by Crippen LogP contribution is -2.18. The van der Waals surface area contributed by atoms with Gasteiger partial charge >= 0.3 is 0 Å². The van der Waals surface area contributed by atoms with Crippen molar-refractivity contribution in [3.8, 4) is 0 Å². The normalized spacial score (nSPS) is 35.3. The molecule has 0 aromatic rings. The molecular weight excluding hydrogens is 196 g/mol. The van der Waals surface area contributed by atoms with E-state index in [-0.39, 0.29) is 0 Å². The molecule has 0 bridgehead atoms. The molecule has 0 N–H and O–H groups in total. The lowest BCUT2D eigenvalue weighted by Gasteiger charge is -2.20. The van der Waals surface area contributed by atoms with E-state index in [1.165, 1.54) is 44.1 Å². The fraction of sp³-hybridized carbons (Fsp3) is 0.600. The van der Waals surface area contributed by atoms with Gasteiger partial charge in [0.15, 0.2) is 0 Å². The highest BCUT2D eigenvalue weighted by Gasteiger charge is 2.35. The zero-order valence-corrected chi connectivity index (χ0v) is 10.2.